The summed E-state index contributed by atoms with van der Waals surface area (Å²) in [5.41, 5.74) is 1.07. The van der Waals surface area contributed by atoms with Gasteiger partial charge in [-0.05, 0) is 34.1 Å². The Morgan fingerprint density at radius 3 is 2.83 bits per heavy atom. The highest BCUT2D eigenvalue weighted by Gasteiger charge is 2.08. The van der Waals surface area contributed by atoms with Gasteiger partial charge in [-0.2, -0.15) is 0 Å². The van der Waals surface area contributed by atoms with Gasteiger partial charge in [0.2, 0.25) is 0 Å². The molecule has 0 radical (unpaired) electrons. The van der Waals surface area contributed by atoms with Gasteiger partial charge >= 0.3 is 0 Å². The van der Waals surface area contributed by atoms with Crippen LogP contribution in [0.5, 0.6) is 0 Å². The maximum atomic E-state index is 6.16. The number of hydrogen-bond donors (Lipinski definition) is 0. The third-order valence-electron chi connectivity index (χ3n) is 2.58. The van der Waals surface area contributed by atoms with Crippen LogP contribution in [0.1, 0.15) is 5.69 Å². The van der Waals surface area contributed by atoms with Gasteiger partial charge in [-0.15, -0.1) is 0 Å². The van der Waals surface area contributed by atoms with Gasteiger partial charge < -0.3 is 4.90 Å². The molecule has 0 unspecified atom stereocenters. The van der Waals surface area contributed by atoms with Crippen LogP contribution in [-0.2, 0) is 6.42 Å². The third kappa shape index (κ3) is 3.43. The second kappa shape index (κ2) is 6.16. The molecule has 0 saturated heterocycles. The number of nitrogens with zero attached hydrogens (tertiary/aromatic N) is 3. The van der Waals surface area contributed by atoms with Crippen molar-refractivity contribution in [1.82, 2.24) is 9.97 Å². The molecular formula is C13H13BrClN3. The average Bonchev–Trinajstić information content (AvgIpc) is 2.37. The first-order valence-corrected chi connectivity index (χ1v) is 6.76. The first-order valence-electron chi connectivity index (χ1n) is 5.59. The van der Waals surface area contributed by atoms with E-state index < -0.39 is 0 Å². The predicted molar refractivity (Wildman–Crippen MR) is 78.2 cm³/mol. The molecule has 0 spiro atoms. The highest BCUT2D eigenvalue weighted by molar-refractivity contribution is 9.10. The summed E-state index contributed by atoms with van der Waals surface area (Å²) in [7, 11) is 1.98. The normalized spacial score (nSPS) is 10.4. The van der Waals surface area contributed by atoms with Crippen molar-refractivity contribution < 1.29 is 0 Å². The van der Waals surface area contributed by atoms with E-state index in [1.807, 2.05) is 36.2 Å². The van der Waals surface area contributed by atoms with Gasteiger partial charge in [0.05, 0.1) is 5.02 Å². The fraction of sp³-hybridized carbons (Fsp3) is 0.231. The minimum Gasteiger partial charge on any atom is -0.358 e. The lowest BCUT2D eigenvalue weighted by molar-refractivity contribution is 0.839. The van der Waals surface area contributed by atoms with Crippen molar-refractivity contribution in [3.05, 3.63) is 51.8 Å². The van der Waals surface area contributed by atoms with Crippen LogP contribution in [0, 0.1) is 0 Å². The Labute approximate surface area is 120 Å². The van der Waals surface area contributed by atoms with Gasteiger partial charge in [0.1, 0.15) is 5.82 Å². The molecule has 0 aliphatic heterocycles. The maximum Gasteiger partial charge on any atom is 0.147 e. The van der Waals surface area contributed by atoms with Gasteiger partial charge in [0.15, 0.2) is 0 Å². The summed E-state index contributed by atoms with van der Waals surface area (Å²) in [6.45, 7) is 0.825. The number of anilines is 1. The second-order valence-corrected chi connectivity index (χ2v) is 5.27. The highest BCUT2D eigenvalue weighted by Crippen LogP contribution is 2.25. The van der Waals surface area contributed by atoms with Crippen LogP contribution in [0.25, 0.3) is 0 Å². The lowest BCUT2D eigenvalue weighted by Crippen LogP contribution is -2.22. The minimum atomic E-state index is 0.646. The molecule has 0 N–H and O–H groups in total. The first-order chi connectivity index (χ1) is 8.66. The monoisotopic (exact) mass is 325 g/mol. The Bertz CT molecular complexity index is 519. The Morgan fingerprint density at radius 2 is 2.17 bits per heavy atom. The van der Waals surface area contributed by atoms with Crippen molar-refractivity contribution in [2.24, 2.45) is 0 Å². The average molecular weight is 327 g/mol. The largest absolute Gasteiger partial charge is 0.358 e. The van der Waals surface area contributed by atoms with E-state index in [-0.39, 0.29) is 0 Å². The number of pyridine rings is 2. The molecule has 2 aromatic rings. The van der Waals surface area contributed by atoms with Gasteiger partial charge in [-0.3, -0.25) is 4.98 Å². The highest BCUT2D eigenvalue weighted by atomic mass is 79.9. The van der Waals surface area contributed by atoms with Crippen molar-refractivity contribution in [2.45, 2.75) is 6.42 Å². The Balaban J connectivity index is 2.01. The topological polar surface area (TPSA) is 29.0 Å². The van der Waals surface area contributed by atoms with Gasteiger partial charge in [0.25, 0.3) is 0 Å². The van der Waals surface area contributed by atoms with Crippen LogP contribution in [0.2, 0.25) is 5.02 Å². The van der Waals surface area contributed by atoms with E-state index in [1.165, 1.54) is 0 Å². The van der Waals surface area contributed by atoms with Crippen molar-refractivity contribution >= 4 is 33.3 Å². The molecule has 0 saturated carbocycles. The maximum absolute atomic E-state index is 6.16. The molecular weight excluding hydrogens is 314 g/mol. The smallest absolute Gasteiger partial charge is 0.147 e. The number of halogens is 2. The van der Waals surface area contributed by atoms with Crippen molar-refractivity contribution in [3.8, 4) is 0 Å². The predicted octanol–water partition coefficient (Wildman–Crippen LogP) is 3.57. The molecule has 0 aliphatic carbocycles. The number of rotatable bonds is 4. The van der Waals surface area contributed by atoms with Crippen molar-refractivity contribution in [1.29, 1.82) is 0 Å². The van der Waals surface area contributed by atoms with Gasteiger partial charge in [0, 0.05) is 42.6 Å². The molecule has 0 aliphatic rings. The molecule has 2 rings (SSSR count). The molecule has 0 atom stereocenters. The molecule has 18 heavy (non-hydrogen) atoms. The van der Waals surface area contributed by atoms with Crippen LogP contribution >= 0.6 is 27.5 Å². The van der Waals surface area contributed by atoms with E-state index in [9.17, 15) is 0 Å². The zero-order valence-corrected chi connectivity index (χ0v) is 12.3. The van der Waals surface area contributed by atoms with Gasteiger partial charge in [-0.1, -0.05) is 17.7 Å². The summed E-state index contributed by atoms with van der Waals surface area (Å²) in [5.74, 6) is 0.788. The van der Waals surface area contributed by atoms with Crippen LogP contribution in [0.3, 0.4) is 0 Å². The quantitative estimate of drug-likeness (QED) is 0.860. The molecule has 0 aromatic carbocycles. The lowest BCUT2D eigenvalue weighted by atomic mass is 10.2. The van der Waals surface area contributed by atoms with Crippen molar-refractivity contribution in [3.63, 3.8) is 0 Å². The molecule has 94 valence electrons. The summed E-state index contributed by atoms with van der Waals surface area (Å²) < 4.78 is 0.884. The SMILES string of the molecule is CN(CCc1ccccn1)c1ncc(Br)cc1Cl. The number of hydrogen-bond acceptors (Lipinski definition) is 3. The van der Waals surface area contributed by atoms with Crippen molar-refractivity contribution in [2.75, 3.05) is 18.5 Å². The van der Waals surface area contributed by atoms with E-state index in [1.54, 1.807) is 12.4 Å². The molecule has 2 aromatic heterocycles. The third-order valence-corrected chi connectivity index (χ3v) is 3.29. The summed E-state index contributed by atoms with van der Waals surface area (Å²) in [6, 6.07) is 7.78. The Morgan fingerprint density at radius 1 is 1.33 bits per heavy atom. The van der Waals surface area contributed by atoms with Crippen LogP contribution in [-0.4, -0.2) is 23.6 Å². The fourth-order valence-electron chi connectivity index (χ4n) is 1.62. The molecule has 0 fully saturated rings. The zero-order valence-electron chi connectivity index (χ0n) is 9.98. The standard InChI is InChI=1S/C13H13BrClN3/c1-18(7-5-11-4-2-3-6-16-11)13-12(15)8-10(14)9-17-13/h2-4,6,8-9H,5,7H2,1H3. The molecule has 0 bridgehead atoms. The van der Waals surface area contributed by atoms with Crippen LogP contribution in [0.15, 0.2) is 41.1 Å². The van der Waals surface area contributed by atoms with E-state index in [0.717, 1.165) is 29.0 Å². The number of likely N-dealkylation sites (N-methyl/N-ethyl adjacent to an activating group) is 1. The summed E-state index contributed by atoms with van der Waals surface area (Å²) in [4.78, 5) is 10.6. The Hall–Kier alpha value is -1.13. The summed E-state index contributed by atoms with van der Waals surface area (Å²) in [6.07, 6.45) is 4.42. The number of aromatic nitrogens is 2. The summed E-state index contributed by atoms with van der Waals surface area (Å²) in [5, 5.41) is 0.646. The van der Waals surface area contributed by atoms with E-state index in [4.69, 9.17) is 11.6 Å². The first kappa shape index (κ1) is 13.3. The van der Waals surface area contributed by atoms with E-state index >= 15 is 0 Å². The van der Waals surface area contributed by atoms with Gasteiger partial charge in [-0.25, -0.2) is 4.98 Å². The molecule has 2 heterocycles. The minimum absolute atomic E-state index is 0.646. The van der Waals surface area contributed by atoms with Crippen LogP contribution in [0.4, 0.5) is 5.82 Å². The Kier molecular flexibility index (Phi) is 4.55. The lowest BCUT2D eigenvalue weighted by Gasteiger charge is -2.19. The molecule has 3 nitrogen and oxygen atoms in total. The molecule has 0 amide bonds. The molecule has 5 heteroatoms. The van der Waals surface area contributed by atoms with E-state index in [2.05, 4.69) is 25.9 Å². The fourth-order valence-corrected chi connectivity index (χ4v) is 2.40. The second-order valence-electron chi connectivity index (χ2n) is 3.95. The van der Waals surface area contributed by atoms with E-state index in [0.29, 0.717) is 5.02 Å². The summed E-state index contributed by atoms with van der Waals surface area (Å²) >= 11 is 9.50. The van der Waals surface area contributed by atoms with Crippen LogP contribution < -0.4 is 4.90 Å². The zero-order chi connectivity index (χ0) is 13.0.